The number of aromatic hydroxyl groups is 1. The number of carboxylic acid groups (broad SMARTS) is 1. The van der Waals surface area contributed by atoms with Crippen LogP contribution in [0.4, 0.5) is 5.69 Å². The molecule has 0 atom stereocenters. The van der Waals surface area contributed by atoms with Crippen molar-refractivity contribution in [2.75, 3.05) is 5.32 Å². The van der Waals surface area contributed by atoms with Crippen molar-refractivity contribution in [1.29, 1.82) is 0 Å². The van der Waals surface area contributed by atoms with Crippen molar-refractivity contribution in [2.24, 2.45) is 0 Å². The maximum atomic E-state index is 12.9. The lowest BCUT2D eigenvalue weighted by atomic mass is 9.86. The van der Waals surface area contributed by atoms with Gasteiger partial charge in [-0.15, -0.1) is 0 Å². The van der Waals surface area contributed by atoms with E-state index in [2.05, 4.69) is 5.32 Å². The first-order valence-corrected chi connectivity index (χ1v) is 10.1. The summed E-state index contributed by atoms with van der Waals surface area (Å²) in [5, 5.41) is 21.7. The van der Waals surface area contributed by atoms with E-state index in [1.54, 1.807) is 0 Å². The predicted molar refractivity (Wildman–Crippen MR) is 107 cm³/mol. The van der Waals surface area contributed by atoms with Gasteiger partial charge in [-0.25, -0.2) is 4.79 Å². The van der Waals surface area contributed by atoms with Gasteiger partial charge < -0.3 is 15.5 Å². The number of anilines is 1. The molecule has 4 rings (SSSR count). The van der Waals surface area contributed by atoms with Crippen molar-refractivity contribution in [2.45, 2.75) is 57.3 Å². The van der Waals surface area contributed by atoms with Gasteiger partial charge in [-0.1, -0.05) is 12.8 Å². The average Bonchev–Trinajstić information content (AvgIpc) is 2.99. The number of carbonyl (C=O) groups is 2. The molecular weight excluding hydrogens is 354 g/mol. The zero-order chi connectivity index (χ0) is 19.7. The molecule has 5 nitrogen and oxygen atoms in total. The third-order valence-electron chi connectivity index (χ3n) is 6.01. The van der Waals surface area contributed by atoms with Crippen LogP contribution in [0.25, 0.3) is 0 Å². The molecule has 28 heavy (non-hydrogen) atoms. The fourth-order valence-electron chi connectivity index (χ4n) is 4.69. The molecule has 2 aliphatic rings. The van der Waals surface area contributed by atoms with Crippen LogP contribution in [-0.2, 0) is 12.8 Å². The molecule has 5 heteroatoms. The van der Waals surface area contributed by atoms with Gasteiger partial charge in [-0.05, 0) is 85.4 Å². The smallest absolute Gasteiger partial charge is 0.339 e. The number of amides is 1. The maximum Gasteiger partial charge on any atom is 0.339 e. The average molecular weight is 379 g/mol. The Morgan fingerprint density at radius 2 is 1.57 bits per heavy atom. The highest BCUT2D eigenvalue weighted by atomic mass is 16.4. The molecule has 0 spiro atoms. The van der Waals surface area contributed by atoms with E-state index in [4.69, 9.17) is 5.11 Å². The molecule has 0 saturated heterocycles. The molecule has 146 valence electrons. The summed E-state index contributed by atoms with van der Waals surface area (Å²) in [6.45, 7) is 0. The monoisotopic (exact) mass is 379 g/mol. The number of hydrogen-bond donors (Lipinski definition) is 3. The van der Waals surface area contributed by atoms with Gasteiger partial charge in [0, 0.05) is 17.3 Å². The Morgan fingerprint density at radius 1 is 0.929 bits per heavy atom. The van der Waals surface area contributed by atoms with Crippen LogP contribution in [0.15, 0.2) is 30.3 Å². The van der Waals surface area contributed by atoms with E-state index in [0.29, 0.717) is 17.2 Å². The second kappa shape index (κ2) is 7.66. The van der Waals surface area contributed by atoms with Gasteiger partial charge >= 0.3 is 5.97 Å². The lowest BCUT2D eigenvalue weighted by molar-refractivity contribution is 0.0693. The zero-order valence-electron chi connectivity index (χ0n) is 15.8. The van der Waals surface area contributed by atoms with Crippen LogP contribution in [0.2, 0.25) is 0 Å². The lowest BCUT2D eigenvalue weighted by Gasteiger charge is -2.20. The highest BCUT2D eigenvalue weighted by Gasteiger charge is 2.25. The number of aromatic carboxylic acids is 1. The molecule has 3 N–H and O–H groups in total. The largest absolute Gasteiger partial charge is 0.507 e. The molecule has 0 heterocycles. The third-order valence-corrected chi connectivity index (χ3v) is 6.01. The summed E-state index contributed by atoms with van der Waals surface area (Å²) in [6, 6.07) is 8.13. The minimum absolute atomic E-state index is 0.185. The van der Waals surface area contributed by atoms with Crippen molar-refractivity contribution in [3.63, 3.8) is 0 Å². The minimum Gasteiger partial charge on any atom is -0.507 e. The van der Waals surface area contributed by atoms with Gasteiger partial charge in [-0.3, -0.25) is 4.79 Å². The summed E-state index contributed by atoms with van der Waals surface area (Å²) < 4.78 is 0. The Labute approximate surface area is 164 Å². The molecule has 0 aromatic heterocycles. The van der Waals surface area contributed by atoms with Gasteiger partial charge in [0.05, 0.1) is 0 Å². The van der Waals surface area contributed by atoms with Crippen LogP contribution in [-0.4, -0.2) is 22.1 Å². The number of carbonyl (C=O) groups excluding carboxylic acids is 1. The number of hydrogen-bond acceptors (Lipinski definition) is 3. The number of phenols is 1. The lowest BCUT2D eigenvalue weighted by Crippen LogP contribution is -2.14. The molecule has 2 aromatic rings. The summed E-state index contributed by atoms with van der Waals surface area (Å²) in [6.07, 6.45) is 9.37. The SMILES string of the molecule is O=C(Nc1ccc(C(=O)O)c(O)c1)c1cc2c3c(c1)CCCCC3CCCC2. The second-order valence-electron chi connectivity index (χ2n) is 7.89. The first kappa shape index (κ1) is 18.5. The number of benzene rings is 2. The van der Waals surface area contributed by atoms with E-state index in [-0.39, 0.29) is 17.2 Å². The molecule has 0 aliphatic heterocycles. The van der Waals surface area contributed by atoms with Crippen molar-refractivity contribution >= 4 is 17.6 Å². The molecule has 0 radical (unpaired) electrons. The van der Waals surface area contributed by atoms with Crippen LogP contribution < -0.4 is 5.32 Å². The van der Waals surface area contributed by atoms with Gasteiger partial charge in [0.1, 0.15) is 11.3 Å². The molecule has 0 bridgehead atoms. The summed E-state index contributed by atoms with van der Waals surface area (Å²) in [4.78, 5) is 23.9. The first-order chi connectivity index (χ1) is 13.5. The highest BCUT2D eigenvalue weighted by molar-refractivity contribution is 6.05. The van der Waals surface area contributed by atoms with E-state index < -0.39 is 5.97 Å². The topological polar surface area (TPSA) is 86.6 Å². The molecule has 0 unspecified atom stereocenters. The van der Waals surface area contributed by atoms with E-state index in [1.807, 2.05) is 12.1 Å². The molecule has 0 fully saturated rings. The normalized spacial score (nSPS) is 16.6. The Morgan fingerprint density at radius 3 is 2.14 bits per heavy atom. The summed E-state index contributed by atoms with van der Waals surface area (Å²) >= 11 is 0. The van der Waals surface area contributed by atoms with E-state index in [1.165, 1.54) is 73.4 Å². The third kappa shape index (κ3) is 3.61. The van der Waals surface area contributed by atoms with E-state index >= 15 is 0 Å². The summed E-state index contributed by atoms with van der Waals surface area (Å²) in [5.41, 5.74) is 4.96. The Kier molecular flexibility index (Phi) is 5.07. The quantitative estimate of drug-likeness (QED) is 0.709. The van der Waals surface area contributed by atoms with Crippen molar-refractivity contribution in [1.82, 2.24) is 0 Å². The molecule has 0 saturated carbocycles. The Balaban J connectivity index is 1.63. The molecular formula is C23H25NO4. The summed E-state index contributed by atoms with van der Waals surface area (Å²) in [5.74, 6) is -1.16. The molecule has 2 aromatic carbocycles. The van der Waals surface area contributed by atoms with E-state index in [0.717, 1.165) is 12.8 Å². The highest BCUT2D eigenvalue weighted by Crippen LogP contribution is 2.40. The van der Waals surface area contributed by atoms with Gasteiger partial charge in [0.15, 0.2) is 0 Å². The van der Waals surface area contributed by atoms with E-state index in [9.17, 15) is 14.7 Å². The van der Waals surface area contributed by atoms with Crippen molar-refractivity contribution in [3.05, 3.63) is 58.1 Å². The standard InChI is InChI=1S/C23H25NO4/c25-20-13-18(9-10-19(20)23(27)28)24-22(26)17-11-15-7-3-1-5-14-6-2-4-8-16(12-17)21(14)15/h9-14,25H,1-8H2,(H,24,26)(H,27,28). The van der Waals surface area contributed by atoms with Crippen LogP contribution in [0, 0.1) is 0 Å². The zero-order valence-corrected chi connectivity index (χ0v) is 15.8. The molecule has 1 amide bonds. The van der Waals surface area contributed by atoms with Crippen LogP contribution in [0.3, 0.4) is 0 Å². The number of nitrogens with one attached hydrogen (secondary N) is 1. The number of carboxylic acids is 1. The van der Waals surface area contributed by atoms with Crippen molar-refractivity contribution < 1.29 is 19.8 Å². The maximum absolute atomic E-state index is 12.9. The predicted octanol–water partition coefficient (Wildman–Crippen LogP) is 4.88. The van der Waals surface area contributed by atoms with Crippen LogP contribution >= 0.6 is 0 Å². The Bertz CT molecular complexity index is 901. The van der Waals surface area contributed by atoms with Gasteiger partial charge in [0.25, 0.3) is 5.91 Å². The fourth-order valence-corrected chi connectivity index (χ4v) is 4.69. The van der Waals surface area contributed by atoms with Gasteiger partial charge in [-0.2, -0.15) is 0 Å². The molecule has 2 aliphatic carbocycles. The van der Waals surface area contributed by atoms with Crippen LogP contribution in [0.5, 0.6) is 5.75 Å². The second-order valence-corrected chi connectivity index (χ2v) is 7.89. The number of rotatable bonds is 3. The first-order valence-electron chi connectivity index (χ1n) is 10.1. The minimum atomic E-state index is -1.20. The van der Waals surface area contributed by atoms with Crippen molar-refractivity contribution in [3.8, 4) is 5.75 Å². The van der Waals surface area contributed by atoms with Crippen LogP contribution in [0.1, 0.15) is 81.8 Å². The Hall–Kier alpha value is -2.82. The fraction of sp³-hybridized carbons (Fsp3) is 0.391. The summed E-state index contributed by atoms with van der Waals surface area (Å²) in [7, 11) is 0. The van der Waals surface area contributed by atoms with Gasteiger partial charge in [0.2, 0.25) is 0 Å². The number of aryl methyl sites for hydroxylation is 2.